The van der Waals surface area contributed by atoms with E-state index in [1.54, 1.807) is 6.92 Å². The molecule has 1 aromatic rings. The van der Waals surface area contributed by atoms with Gasteiger partial charge in [0.15, 0.2) is 0 Å². The Bertz CT molecular complexity index is 425. The number of amides is 1. The van der Waals surface area contributed by atoms with E-state index in [9.17, 15) is 4.79 Å². The highest BCUT2D eigenvalue weighted by Gasteiger charge is 2.21. The van der Waals surface area contributed by atoms with Gasteiger partial charge in [0, 0.05) is 25.2 Å². The first kappa shape index (κ1) is 14.1. The van der Waals surface area contributed by atoms with Crippen LogP contribution in [0.15, 0.2) is 24.3 Å². The Morgan fingerprint density at radius 2 is 2.00 bits per heavy atom. The number of hydrogen-bond acceptors (Lipinski definition) is 2. The van der Waals surface area contributed by atoms with E-state index in [0.717, 1.165) is 23.7 Å². The van der Waals surface area contributed by atoms with Gasteiger partial charge in [-0.25, -0.2) is 0 Å². The molecule has 1 aromatic carbocycles. The maximum atomic E-state index is 11.2. The molecule has 19 heavy (non-hydrogen) atoms. The molecule has 104 valence electrons. The van der Waals surface area contributed by atoms with Crippen molar-refractivity contribution in [3.05, 3.63) is 29.8 Å². The van der Waals surface area contributed by atoms with E-state index in [1.807, 2.05) is 18.2 Å². The number of anilines is 1. The average Bonchev–Trinajstić information content (AvgIpc) is 2.90. The van der Waals surface area contributed by atoms with Crippen LogP contribution in [0.25, 0.3) is 0 Å². The topological polar surface area (TPSA) is 41.1 Å². The van der Waals surface area contributed by atoms with Gasteiger partial charge in [-0.2, -0.15) is 0 Å². The highest BCUT2D eigenvalue weighted by molar-refractivity contribution is 5.89. The van der Waals surface area contributed by atoms with Gasteiger partial charge in [-0.3, -0.25) is 4.79 Å². The van der Waals surface area contributed by atoms with Crippen LogP contribution in [0.4, 0.5) is 5.69 Å². The van der Waals surface area contributed by atoms with Gasteiger partial charge < -0.3 is 10.6 Å². The number of rotatable bonds is 5. The highest BCUT2D eigenvalue weighted by atomic mass is 16.1. The summed E-state index contributed by atoms with van der Waals surface area (Å²) in [6.07, 6.45) is 5.45. The van der Waals surface area contributed by atoms with E-state index in [-0.39, 0.29) is 5.91 Å². The van der Waals surface area contributed by atoms with Crippen molar-refractivity contribution in [3.8, 4) is 0 Å². The third kappa shape index (κ3) is 4.06. The molecule has 0 aromatic heterocycles. The molecule has 1 unspecified atom stereocenters. The molecular weight excluding hydrogens is 236 g/mol. The molecule has 1 fully saturated rings. The van der Waals surface area contributed by atoms with Gasteiger partial charge in [-0.1, -0.05) is 31.0 Å². The fourth-order valence-corrected chi connectivity index (χ4v) is 2.88. The molecule has 2 rings (SSSR count). The molecule has 3 nitrogen and oxygen atoms in total. The van der Waals surface area contributed by atoms with Crippen molar-refractivity contribution in [2.45, 2.75) is 52.1 Å². The van der Waals surface area contributed by atoms with E-state index in [1.165, 1.54) is 25.7 Å². The van der Waals surface area contributed by atoms with Crippen LogP contribution >= 0.6 is 0 Å². The first-order valence-electron chi connectivity index (χ1n) is 7.25. The van der Waals surface area contributed by atoms with Crippen molar-refractivity contribution in [1.82, 2.24) is 5.32 Å². The van der Waals surface area contributed by atoms with Crippen molar-refractivity contribution in [2.75, 3.05) is 5.32 Å². The summed E-state index contributed by atoms with van der Waals surface area (Å²) in [4.78, 5) is 11.2. The number of hydrogen-bond donors (Lipinski definition) is 2. The van der Waals surface area contributed by atoms with Crippen molar-refractivity contribution >= 4 is 11.6 Å². The van der Waals surface area contributed by atoms with Crippen LogP contribution in [0.1, 0.15) is 45.1 Å². The lowest BCUT2D eigenvalue weighted by Gasteiger charge is -2.21. The number of carbonyl (C=O) groups excluding carboxylic acids is 1. The molecular formula is C16H24N2O. The minimum absolute atomic E-state index is 0.0173. The van der Waals surface area contributed by atoms with Crippen molar-refractivity contribution in [1.29, 1.82) is 0 Å². The summed E-state index contributed by atoms with van der Waals surface area (Å²) in [6.45, 7) is 4.64. The van der Waals surface area contributed by atoms with Crippen LogP contribution in [0, 0.1) is 5.92 Å². The van der Waals surface area contributed by atoms with Gasteiger partial charge in [-0.15, -0.1) is 0 Å². The molecule has 3 heteroatoms. The van der Waals surface area contributed by atoms with E-state index in [2.05, 4.69) is 23.6 Å². The molecule has 1 amide bonds. The smallest absolute Gasteiger partial charge is 0.221 e. The van der Waals surface area contributed by atoms with E-state index in [0.29, 0.717) is 6.04 Å². The highest BCUT2D eigenvalue weighted by Crippen LogP contribution is 2.27. The molecule has 1 atom stereocenters. The zero-order valence-corrected chi connectivity index (χ0v) is 11.9. The number of benzene rings is 1. The summed E-state index contributed by atoms with van der Waals surface area (Å²) < 4.78 is 0. The minimum Gasteiger partial charge on any atom is -0.326 e. The molecule has 1 saturated carbocycles. The average molecular weight is 260 g/mol. The molecule has 1 aliphatic carbocycles. The Hall–Kier alpha value is -1.35. The molecule has 0 aliphatic heterocycles. The first-order valence-corrected chi connectivity index (χ1v) is 7.25. The van der Waals surface area contributed by atoms with Crippen molar-refractivity contribution in [3.63, 3.8) is 0 Å². The zero-order chi connectivity index (χ0) is 13.7. The third-order valence-corrected chi connectivity index (χ3v) is 4.05. The van der Waals surface area contributed by atoms with Gasteiger partial charge in [0.05, 0.1) is 0 Å². The van der Waals surface area contributed by atoms with E-state index in [4.69, 9.17) is 0 Å². The third-order valence-electron chi connectivity index (χ3n) is 4.05. The Kier molecular flexibility index (Phi) is 4.97. The fourth-order valence-electron chi connectivity index (χ4n) is 2.88. The fraction of sp³-hybridized carbons (Fsp3) is 0.562. The van der Waals surface area contributed by atoms with Crippen LogP contribution in [-0.2, 0) is 11.3 Å². The summed E-state index contributed by atoms with van der Waals surface area (Å²) >= 11 is 0. The zero-order valence-electron chi connectivity index (χ0n) is 11.9. The van der Waals surface area contributed by atoms with Gasteiger partial charge in [-0.05, 0) is 37.3 Å². The van der Waals surface area contributed by atoms with Crippen LogP contribution in [0.2, 0.25) is 0 Å². The standard InChI is InChI=1S/C16H24N2O/c1-12(14-7-3-4-8-14)17-11-15-9-5-6-10-16(15)18-13(2)19/h5-6,9-10,12,14,17H,3-4,7-8,11H2,1-2H3,(H,18,19). The van der Waals surface area contributed by atoms with Crippen LogP contribution < -0.4 is 10.6 Å². The second-order valence-electron chi connectivity index (χ2n) is 5.55. The monoisotopic (exact) mass is 260 g/mol. The molecule has 1 aliphatic rings. The quantitative estimate of drug-likeness (QED) is 0.852. The second kappa shape index (κ2) is 6.71. The summed E-state index contributed by atoms with van der Waals surface area (Å²) in [6, 6.07) is 8.55. The summed E-state index contributed by atoms with van der Waals surface area (Å²) in [7, 11) is 0. The Morgan fingerprint density at radius 3 is 2.68 bits per heavy atom. The molecule has 0 saturated heterocycles. The molecule has 0 heterocycles. The number of nitrogens with one attached hydrogen (secondary N) is 2. The van der Waals surface area contributed by atoms with Crippen molar-refractivity contribution in [2.24, 2.45) is 5.92 Å². The first-order chi connectivity index (χ1) is 9.16. The number of para-hydroxylation sites is 1. The normalized spacial score (nSPS) is 17.4. The predicted molar refractivity (Wildman–Crippen MR) is 79.0 cm³/mol. The second-order valence-corrected chi connectivity index (χ2v) is 5.55. The molecule has 0 bridgehead atoms. The Balaban J connectivity index is 1.92. The van der Waals surface area contributed by atoms with Crippen LogP contribution in [0.5, 0.6) is 0 Å². The largest absolute Gasteiger partial charge is 0.326 e. The maximum Gasteiger partial charge on any atom is 0.221 e. The summed E-state index contributed by atoms with van der Waals surface area (Å²) in [5.74, 6) is 0.796. The van der Waals surface area contributed by atoms with Gasteiger partial charge in [0.25, 0.3) is 0 Å². The van der Waals surface area contributed by atoms with E-state index < -0.39 is 0 Å². The Labute approximate surface area is 115 Å². The van der Waals surface area contributed by atoms with Crippen LogP contribution in [-0.4, -0.2) is 11.9 Å². The number of carbonyl (C=O) groups is 1. The molecule has 2 N–H and O–H groups in total. The summed E-state index contributed by atoms with van der Waals surface area (Å²) in [5, 5.41) is 6.49. The maximum absolute atomic E-state index is 11.2. The van der Waals surface area contributed by atoms with Crippen molar-refractivity contribution < 1.29 is 4.79 Å². The lowest BCUT2D eigenvalue weighted by atomic mass is 9.99. The summed E-state index contributed by atoms with van der Waals surface area (Å²) in [5.41, 5.74) is 2.07. The van der Waals surface area contributed by atoms with Gasteiger partial charge in [0.1, 0.15) is 0 Å². The van der Waals surface area contributed by atoms with Gasteiger partial charge in [0.2, 0.25) is 5.91 Å². The molecule has 0 radical (unpaired) electrons. The lowest BCUT2D eigenvalue weighted by Crippen LogP contribution is -2.32. The molecule has 0 spiro atoms. The SMILES string of the molecule is CC(=O)Nc1ccccc1CNC(C)C1CCCC1. The minimum atomic E-state index is -0.0173. The predicted octanol–water partition coefficient (Wildman–Crippen LogP) is 3.31. The lowest BCUT2D eigenvalue weighted by molar-refractivity contribution is -0.114. The van der Waals surface area contributed by atoms with E-state index >= 15 is 0 Å². The Morgan fingerprint density at radius 1 is 1.32 bits per heavy atom. The van der Waals surface area contributed by atoms with Crippen LogP contribution in [0.3, 0.4) is 0 Å². The van der Waals surface area contributed by atoms with Gasteiger partial charge >= 0.3 is 0 Å².